The lowest BCUT2D eigenvalue weighted by Gasteiger charge is -2.11. The van der Waals surface area contributed by atoms with Crippen molar-refractivity contribution < 1.29 is 13.6 Å². The summed E-state index contributed by atoms with van der Waals surface area (Å²) in [6.45, 7) is 9.84. The molecule has 0 radical (unpaired) electrons. The van der Waals surface area contributed by atoms with Gasteiger partial charge in [0.25, 0.3) is 0 Å². The van der Waals surface area contributed by atoms with Gasteiger partial charge in [-0.2, -0.15) is 0 Å². The number of rotatable bonds is 14. The van der Waals surface area contributed by atoms with E-state index in [9.17, 15) is 4.57 Å². The van der Waals surface area contributed by atoms with Crippen LogP contribution < -0.4 is 0 Å². The molecule has 0 rings (SSSR count). The van der Waals surface area contributed by atoms with Crippen LogP contribution >= 0.6 is 8.25 Å². The quantitative estimate of drug-likeness (QED) is 0.363. The molecule has 0 saturated heterocycles. The fourth-order valence-electron chi connectivity index (χ4n) is 2.17. The van der Waals surface area contributed by atoms with Crippen molar-refractivity contribution in [2.75, 3.05) is 13.2 Å². The highest BCUT2D eigenvalue weighted by Crippen LogP contribution is 2.28. The van der Waals surface area contributed by atoms with Gasteiger partial charge in [-0.3, -0.25) is 0 Å². The maximum absolute atomic E-state index is 11.7. The van der Waals surface area contributed by atoms with Crippen LogP contribution in [0.4, 0.5) is 0 Å². The predicted octanol–water partition coefficient (Wildman–Crippen LogP) is 6.11. The minimum absolute atomic E-state index is 0.513. The molecule has 2 atom stereocenters. The molecule has 0 spiro atoms. The van der Waals surface area contributed by atoms with Gasteiger partial charge in [0.15, 0.2) is 0 Å². The van der Waals surface area contributed by atoms with Gasteiger partial charge in [-0.15, -0.1) is 9.05 Å². The topological polar surface area (TPSA) is 35.5 Å². The van der Waals surface area contributed by atoms with Crippen molar-refractivity contribution in [2.24, 2.45) is 11.8 Å². The largest absolute Gasteiger partial charge is 0.697 e. The second-order valence-electron chi connectivity index (χ2n) is 5.65. The lowest BCUT2D eigenvalue weighted by atomic mass is 10.0. The van der Waals surface area contributed by atoms with Crippen LogP contribution in [0.5, 0.6) is 0 Å². The van der Waals surface area contributed by atoms with Gasteiger partial charge in [-0.1, -0.05) is 66.2 Å². The van der Waals surface area contributed by atoms with Crippen LogP contribution in [0.3, 0.4) is 0 Å². The van der Waals surface area contributed by atoms with E-state index in [4.69, 9.17) is 9.05 Å². The number of hydrogen-bond donors (Lipinski definition) is 0. The summed E-state index contributed by atoms with van der Waals surface area (Å²) >= 11 is 0. The van der Waals surface area contributed by atoms with E-state index < -0.39 is 8.25 Å². The summed E-state index contributed by atoms with van der Waals surface area (Å²) in [6.07, 6.45) is 9.31. The summed E-state index contributed by atoms with van der Waals surface area (Å²) in [4.78, 5) is 0. The highest BCUT2D eigenvalue weighted by molar-refractivity contribution is 7.33. The first-order valence-electron chi connectivity index (χ1n) is 8.40. The van der Waals surface area contributed by atoms with E-state index in [1.54, 1.807) is 0 Å². The van der Waals surface area contributed by atoms with Crippen molar-refractivity contribution in [1.29, 1.82) is 0 Å². The lowest BCUT2D eigenvalue weighted by molar-refractivity contribution is 0.167. The Balaban J connectivity index is 3.80. The van der Waals surface area contributed by atoms with Gasteiger partial charge in [0.1, 0.15) is 13.2 Å². The third-order valence-corrected chi connectivity index (χ3v) is 4.64. The molecule has 4 heteroatoms. The highest BCUT2D eigenvalue weighted by Gasteiger charge is 2.24. The predicted molar refractivity (Wildman–Crippen MR) is 86.1 cm³/mol. The number of unbranched alkanes of at least 4 members (excludes halogenated alkanes) is 2. The standard InChI is InChI=1S/C16H34O3P/c1-5-9-11-15(7-3)13-18-20(17)19-14-16(8-4)12-10-6-2/h15-16H,5-14H2,1-4H3/q+1/t15-,16-/m1/s1. The molecule has 0 aromatic rings. The molecule has 0 bridgehead atoms. The van der Waals surface area contributed by atoms with Crippen LogP contribution in [0.2, 0.25) is 0 Å². The fraction of sp³-hybridized carbons (Fsp3) is 1.00. The Hall–Kier alpha value is 0.0200. The second-order valence-corrected chi connectivity index (χ2v) is 6.61. The first-order valence-corrected chi connectivity index (χ1v) is 9.50. The second kappa shape index (κ2) is 14.0. The van der Waals surface area contributed by atoms with Crippen molar-refractivity contribution in [3.05, 3.63) is 0 Å². The summed E-state index contributed by atoms with van der Waals surface area (Å²) in [7, 11) is -1.94. The third-order valence-electron chi connectivity index (χ3n) is 3.92. The third kappa shape index (κ3) is 10.8. The SMILES string of the molecule is CCCC[C@@H](CC)CO[P+](=O)OC[C@H](CC)CCCC. The summed E-state index contributed by atoms with van der Waals surface area (Å²) in [5.74, 6) is 1.03. The monoisotopic (exact) mass is 305 g/mol. The highest BCUT2D eigenvalue weighted by atomic mass is 31.1. The maximum Gasteiger partial charge on any atom is 0.697 e. The van der Waals surface area contributed by atoms with Crippen molar-refractivity contribution in [3.63, 3.8) is 0 Å². The Morgan fingerprint density at radius 1 is 0.800 bits per heavy atom. The van der Waals surface area contributed by atoms with E-state index in [1.165, 1.54) is 25.7 Å². The van der Waals surface area contributed by atoms with E-state index in [2.05, 4.69) is 27.7 Å². The van der Waals surface area contributed by atoms with E-state index in [0.29, 0.717) is 25.0 Å². The van der Waals surface area contributed by atoms with Gasteiger partial charge in [-0.05, 0) is 24.7 Å². The van der Waals surface area contributed by atoms with E-state index in [0.717, 1.165) is 25.7 Å². The summed E-state index contributed by atoms with van der Waals surface area (Å²) in [5.41, 5.74) is 0. The first-order chi connectivity index (χ1) is 9.67. The Kier molecular flexibility index (Phi) is 14.0. The minimum Gasteiger partial charge on any atom is -0.119 e. The average molecular weight is 305 g/mol. The van der Waals surface area contributed by atoms with Crippen LogP contribution in [0.1, 0.15) is 79.1 Å². The molecule has 0 aliphatic heterocycles. The fourth-order valence-corrected chi connectivity index (χ4v) is 2.91. The molecule has 0 aliphatic rings. The molecule has 3 nitrogen and oxygen atoms in total. The molecule has 0 aromatic heterocycles. The molecular formula is C16H34O3P+. The summed E-state index contributed by atoms with van der Waals surface area (Å²) in [6, 6.07) is 0. The van der Waals surface area contributed by atoms with Crippen LogP contribution in [0, 0.1) is 11.8 Å². The summed E-state index contributed by atoms with van der Waals surface area (Å²) in [5, 5.41) is 0. The van der Waals surface area contributed by atoms with Crippen LogP contribution in [-0.4, -0.2) is 13.2 Å². The molecule has 0 heterocycles. The Morgan fingerprint density at radius 3 is 1.50 bits per heavy atom. The minimum atomic E-state index is -1.94. The zero-order valence-corrected chi connectivity index (χ0v) is 14.8. The Labute approximate surface area is 126 Å². The van der Waals surface area contributed by atoms with Gasteiger partial charge in [0.05, 0.1) is 0 Å². The molecule has 0 fully saturated rings. The van der Waals surface area contributed by atoms with E-state index in [-0.39, 0.29) is 0 Å². The van der Waals surface area contributed by atoms with Gasteiger partial charge < -0.3 is 0 Å². The van der Waals surface area contributed by atoms with Gasteiger partial charge in [0, 0.05) is 4.57 Å². The van der Waals surface area contributed by atoms with Gasteiger partial charge in [-0.25, -0.2) is 0 Å². The number of hydrogen-bond acceptors (Lipinski definition) is 3. The Bertz CT molecular complexity index is 212. The molecular weight excluding hydrogens is 271 g/mol. The van der Waals surface area contributed by atoms with Crippen molar-refractivity contribution in [1.82, 2.24) is 0 Å². The maximum atomic E-state index is 11.7. The van der Waals surface area contributed by atoms with Crippen LogP contribution in [0.15, 0.2) is 0 Å². The Morgan fingerprint density at radius 2 is 1.20 bits per heavy atom. The van der Waals surface area contributed by atoms with Crippen LogP contribution in [0.25, 0.3) is 0 Å². The van der Waals surface area contributed by atoms with Crippen molar-refractivity contribution >= 4 is 8.25 Å². The van der Waals surface area contributed by atoms with Crippen molar-refractivity contribution in [2.45, 2.75) is 79.1 Å². The zero-order valence-electron chi connectivity index (χ0n) is 13.9. The van der Waals surface area contributed by atoms with Crippen molar-refractivity contribution in [3.8, 4) is 0 Å². The average Bonchev–Trinajstić information content (AvgIpc) is 2.47. The molecule has 0 aliphatic carbocycles. The summed E-state index contributed by atoms with van der Waals surface area (Å²) < 4.78 is 22.5. The zero-order chi connectivity index (χ0) is 15.2. The van der Waals surface area contributed by atoms with E-state index in [1.807, 2.05) is 0 Å². The molecule has 0 N–H and O–H groups in total. The van der Waals surface area contributed by atoms with Gasteiger partial charge >= 0.3 is 8.25 Å². The van der Waals surface area contributed by atoms with Crippen LogP contribution in [-0.2, 0) is 13.6 Å². The molecule has 20 heavy (non-hydrogen) atoms. The lowest BCUT2D eigenvalue weighted by Crippen LogP contribution is -2.08. The van der Waals surface area contributed by atoms with Gasteiger partial charge in [0.2, 0.25) is 0 Å². The normalized spacial score (nSPS) is 14.2. The molecule has 0 unspecified atom stereocenters. The molecule has 0 aromatic carbocycles. The molecule has 0 amide bonds. The molecule has 120 valence electrons. The smallest absolute Gasteiger partial charge is 0.119 e. The van der Waals surface area contributed by atoms with E-state index >= 15 is 0 Å². The first kappa shape index (κ1) is 20.0. The molecule has 0 saturated carbocycles.